The van der Waals surface area contributed by atoms with Gasteiger partial charge in [-0.2, -0.15) is 0 Å². The maximum Gasteiger partial charge on any atom is 0.344 e. The first kappa shape index (κ1) is 16.9. The second-order valence-corrected chi connectivity index (χ2v) is 9.43. The van der Waals surface area contributed by atoms with Gasteiger partial charge in [-0.25, -0.2) is 0 Å². The van der Waals surface area contributed by atoms with Crippen molar-refractivity contribution in [3.63, 3.8) is 0 Å². The Morgan fingerprint density at radius 3 is 2.21 bits per heavy atom. The minimum absolute atomic E-state index is 0.261. The van der Waals surface area contributed by atoms with Gasteiger partial charge >= 0.3 is 8.56 Å². The molecule has 0 spiro atoms. The lowest BCUT2D eigenvalue weighted by Gasteiger charge is -2.49. The van der Waals surface area contributed by atoms with Crippen LogP contribution >= 0.6 is 0 Å². The second kappa shape index (κ2) is 8.23. The van der Waals surface area contributed by atoms with Crippen LogP contribution in [0.4, 0.5) is 0 Å². The molecule has 0 aliphatic carbocycles. The lowest BCUT2D eigenvalue weighted by Crippen LogP contribution is -2.55. The molecule has 0 bridgehead atoms. The van der Waals surface area contributed by atoms with Crippen molar-refractivity contribution in [3.05, 3.63) is 12.7 Å². The van der Waals surface area contributed by atoms with E-state index in [2.05, 4.69) is 33.4 Å². The average molecular weight is 285 g/mol. The van der Waals surface area contributed by atoms with Gasteiger partial charge in [0.25, 0.3) is 0 Å². The predicted molar refractivity (Wildman–Crippen MR) is 84.7 cm³/mol. The van der Waals surface area contributed by atoms with Gasteiger partial charge in [-0.3, -0.25) is 0 Å². The monoisotopic (exact) mass is 284 g/mol. The molecule has 112 valence electrons. The van der Waals surface area contributed by atoms with E-state index in [1.54, 1.807) is 0 Å². The standard InChI is InChI=1S/C16H32O2Si/c1-5-11-16(8-4)12-9-10-15-19(16,17-13-6-2)18-14-7-3/h5H,1,6-15H2,2-4H3. The quantitative estimate of drug-likeness (QED) is 0.428. The Kier molecular flexibility index (Phi) is 7.33. The molecule has 1 atom stereocenters. The molecule has 1 unspecified atom stereocenters. The summed E-state index contributed by atoms with van der Waals surface area (Å²) in [6, 6.07) is 1.18. The molecule has 1 fully saturated rings. The molecule has 0 amide bonds. The van der Waals surface area contributed by atoms with E-state index in [4.69, 9.17) is 8.85 Å². The molecule has 0 aromatic heterocycles. The molecule has 2 nitrogen and oxygen atoms in total. The Morgan fingerprint density at radius 2 is 1.74 bits per heavy atom. The van der Waals surface area contributed by atoms with Gasteiger partial charge in [0.15, 0.2) is 0 Å². The number of hydrogen-bond donors (Lipinski definition) is 0. The van der Waals surface area contributed by atoms with Crippen LogP contribution in [0.1, 0.15) is 65.7 Å². The highest BCUT2D eigenvalue weighted by atomic mass is 28.4. The highest BCUT2D eigenvalue weighted by Crippen LogP contribution is 2.55. The van der Waals surface area contributed by atoms with E-state index >= 15 is 0 Å². The zero-order chi connectivity index (χ0) is 14.2. The molecule has 1 saturated heterocycles. The van der Waals surface area contributed by atoms with E-state index in [1.165, 1.54) is 31.7 Å². The fourth-order valence-corrected chi connectivity index (χ4v) is 8.28. The summed E-state index contributed by atoms with van der Waals surface area (Å²) in [5.74, 6) is 0. The third kappa shape index (κ3) is 3.70. The van der Waals surface area contributed by atoms with E-state index in [0.29, 0.717) is 0 Å². The zero-order valence-electron chi connectivity index (χ0n) is 13.2. The first-order valence-corrected chi connectivity index (χ1v) is 10.1. The van der Waals surface area contributed by atoms with Gasteiger partial charge < -0.3 is 8.85 Å². The minimum atomic E-state index is -2.10. The van der Waals surface area contributed by atoms with E-state index in [1.807, 2.05) is 0 Å². The van der Waals surface area contributed by atoms with Crippen LogP contribution in [0.3, 0.4) is 0 Å². The third-order valence-corrected chi connectivity index (χ3v) is 9.29. The molecule has 0 saturated carbocycles. The maximum atomic E-state index is 6.45. The van der Waals surface area contributed by atoms with Gasteiger partial charge in [-0.05, 0) is 38.1 Å². The fourth-order valence-electron chi connectivity index (χ4n) is 3.43. The molecule has 0 radical (unpaired) electrons. The van der Waals surface area contributed by atoms with Gasteiger partial charge in [-0.15, -0.1) is 6.58 Å². The average Bonchev–Trinajstić information content (AvgIpc) is 2.45. The van der Waals surface area contributed by atoms with Crippen LogP contribution in [0.2, 0.25) is 11.1 Å². The number of allylic oxidation sites excluding steroid dienone is 1. The summed E-state index contributed by atoms with van der Waals surface area (Å²) < 4.78 is 12.9. The van der Waals surface area contributed by atoms with E-state index in [9.17, 15) is 0 Å². The summed E-state index contributed by atoms with van der Waals surface area (Å²) in [6.07, 6.45) is 10.3. The lowest BCUT2D eigenvalue weighted by molar-refractivity contribution is 0.123. The van der Waals surface area contributed by atoms with Gasteiger partial charge in [0.1, 0.15) is 0 Å². The molecule has 1 heterocycles. The Bertz CT molecular complexity index is 259. The van der Waals surface area contributed by atoms with Gasteiger partial charge in [-0.1, -0.05) is 39.7 Å². The first-order valence-electron chi connectivity index (χ1n) is 8.09. The summed E-state index contributed by atoms with van der Waals surface area (Å²) in [6.45, 7) is 12.4. The topological polar surface area (TPSA) is 18.5 Å². The predicted octanol–water partition coefficient (Wildman–Crippen LogP) is 5.19. The van der Waals surface area contributed by atoms with Crippen molar-refractivity contribution in [1.29, 1.82) is 0 Å². The molecule has 0 aromatic rings. The summed E-state index contributed by atoms with van der Waals surface area (Å²) >= 11 is 0. The minimum Gasteiger partial charge on any atom is -0.394 e. The molecule has 3 heteroatoms. The van der Waals surface area contributed by atoms with Crippen LogP contribution in [0, 0.1) is 0 Å². The van der Waals surface area contributed by atoms with Crippen LogP contribution in [-0.4, -0.2) is 21.8 Å². The summed E-state index contributed by atoms with van der Waals surface area (Å²) in [7, 11) is -2.10. The van der Waals surface area contributed by atoms with Crippen molar-refractivity contribution in [2.45, 2.75) is 76.8 Å². The Labute approximate surface area is 120 Å². The van der Waals surface area contributed by atoms with Gasteiger partial charge in [0.2, 0.25) is 0 Å². The fraction of sp³-hybridized carbons (Fsp3) is 0.875. The molecule has 19 heavy (non-hydrogen) atoms. The maximum absolute atomic E-state index is 6.45. The van der Waals surface area contributed by atoms with Crippen molar-refractivity contribution >= 4 is 8.56 Å². The van der Waals surface area contributed by atoms with Crippen LogP contribution in [-0.2, 0) is 8.85 Å². The van der Waals surface area contributed by atoms with E-state index in [0.717, 1.165) is 32.5 Å². The molecule has 0 N–H and O–H groups in total. The molecule has 0 aromatic carbocycles. The molecule has 1 aliphatic rings. The first-order chi connectivity index (χ1) is 9.20. The van der Waals surface area contributed by atoms with Crippen molar-refractivity contribution in [2.75, 3.05) is 13.2 Å². The van der Waals surface area contributed by atoms with Crippen molar-refractivity contribution < 1.29 is 8.85 Å². The lowest BCUT2D eigenvalue weighted by atomic mass is 9.93. The smallest absolute Gasteiger partial charge is 0.344 e. The normalized spacial score (nSPS) is 26.3. The van der Waals surface area contributed by atoms with Gasteiger partial charge in [0.05, 0.1) is 0 Å². The van der Waals surface area contributed by atoms with Crippen LogP contribution in [0.5, 0.6) is 0 Å². The van der Waals surface area contributed by atoms with Gasteiger partial charge in [0, 0.05) is 18.3 Å². The largest absolute Gasteiger partial charge is 0.394 e. The molecule has 1 rings (SSSR count). The van der Waals surface area contributed by atoms with Crippen LogP contribution in [0.15, 0.2) is 12.7 Å². The SMILES string of the molecule is C=CCC1(CC)CCCC[Si]1(OCCC)OCCC. The Balaban J connectivity index is 2.99. The van der Waals surface area contributed by atoms with Crippen LogP contribution < -0.4 is 0 Å². The van der Waals surface area contributed by atoms with Crippen LogP contribution in [0.25, 0.3) is 0 Å². The molecule has 1 aliphatic heterocycles. The van der Waals surface area contributed by atoms with Crippen molar-refractivity contribution in [2.24, 2.45) is 0 Å². The van der Waals surface area contributed by atoms with Crippen molar-refractivity contribution in [3.8, 4) is 0 Å². The highest BCUT2D eigenvalue weighted by molar-refractivity contribution is 6.71. The molecular weight excluding hydrogens is 252 g/mol. The summed E-state index contributed by atoms with van der Waals surface area (Å²) in [4.78, 5) is 0. The third-order valence-electron chi connectivity index (χ3n) is 4.51. The second-order valence-electron chi connectivity index (χ2n) is 5.78. The zero-order valence-corrected chi connectivity index (χ0v) is 14.2. The Hall–Kier alpha value is -0.123. The van der Waals surface area contributed by atoms with Crippen molar-refractivity contribution in [1.82, 2.24) is 0 Å². The van der Waals surface area contributed by atoms with E-state index in [-0.39, 0.29) is 5.04 Å². The highest BCUT2D eigenvalue weighted by Gasteiger charge is 2.56. The number of rotatable bonds is 9. The Morgan fingerprint density at radius 1 is 1.11 bits per heavy atom. The summed E-state index contributed by atoms with van der Waals surface area (Å²) in [5, 5.41) is 0.261. The summed E-state index contributed by atoms with van der Waals surface area (Å²) in [5.41, 5.74) is 0. The molecular formula is C16H32O2Si. The number of hydrogen-bond acceptors (Lipinski definition) is 2. The van der Waals surface area contributed by atoms with E-state index < -0.39 is 8.56 Å².